The first kappa shape index (κ1) is 108. The summed E-state index contributed by atoms with van der Waals surface area (Å²) in [6.45, 7) is 20.3. The maximum atomic E-state index is 12.2. The Morgan fingerprint density at radius 3 is 1.04 bits per heavy atom. The van der Waals surface area contributed by atoms with E-state index in [0.717, 1.165) is 114 Å². The number of carboxylic acids is 1. The number of benzene rings is 1. The predicted molar refractivity (Wildman–Crippen MR) is 478 cm³/mol. The van der Waals surface area contributed by atoms with E-state index in [1.54, 1.807) is 112 Å². The van der Waals surface area contributed by atoms with Gasteiger partial charge in [-0.3, -0.25) is 65.0 Å². The Kier molecular flexibility index (Phi) is 41.3. The van der Waals surface area contributed by atoms with Crippen LogP contribution in [-0.2, 0) is 117 Å². The van der Waals surface area contributed by atoms with Gasteiger partial charge in [-0.15, -0.1) is 0 Å². The van der Waals surface area contributed by atoms with Crippen LogP contribution in [0.3, 0.4) is 0 Å². The first-order valence-corrected chi connectivity index (χ1v) is 40.6. The molecule has 19 aromatic heterocycles. The van der Waals surface area contributed by atoms with E-state index in [-0.39, 0.29) is 128 Å². The monoisotopic (exact) mass is 2720 g/mol. The first-order valence-electron chi connectivity index (χ1n) is 40.6. The molecule has 20 aromatic rings. The molecule has 0 aliphatic heterocycles. The van der Waals surface area contributed by atoms with Gasteiger partial charge in [-0.05, 0) is 192 Å². The van der Waals surface area contributed by atoms with Gasteiger partial charge >= 0.3 is 96.4 Å². The quantitative estimate of drug-likeness (QED) is 0.133. The van der Waals surface area contributed by atoms with E-state index in [0.29, 0.717) is 34.9 Å². The molecule has 0 saturated heterocycles. The normalized spacial score (nSPS) is 12.8. The van der Waals surface area contributed by atoms with Gasteiger partial charge in [-0.1, -0.05) is 158 Å². The van der Waals surface area contributed by atoms with Gasteiger partial charge in [0.05, 0.1) is 40.9 Å². The fraction of sp³-hybridized carbons (Fsp3) is 0.170. The number of fused-ring (bicyclic) bond motifs is 6. The van der Waals surface area contributed by atoms with Gasteiger partial charge < -0.3 is 96.7 Å². The molecule has 1 aromatic carbocycles. The number of carbonyl (C=O) groups is 1. The van der Waals surface area contributed by atoms with Gasteiger partial charge in [0.2, 0.25) is 0 Å². The summed E-state index contributed by atoms with van der Waals surface area (Å²) in [6.07, 6.45) is 21.4. The van der Waals surface area contributed by atoms with Crippen LogP contribution >= 0.6 is 0 Å². The van der Waals surface area contributed by atoms with Crippen molar-refractivity contribution in [3.63, 3.8) is 0 Å². The van der Waals surface area contributed by atoms with Crippen LogP contribution < -0.4 is 45.9 Å². The Labute approximate surface area is 850 Å². The molecule has 2 aliphatic carbocycles. The molecule has 0 spiro atoms. The molecule has 2 aliphatic rings. The zero-order valence-corrected chi connectivity index (χ0v) is 85.3. The molecular formula is C94H82F3N32O2Pt5-. The van der Waals surface area contributed by atoms with Crippen LogP contribution in [0.15, 0.2) is 281 Å². The van der Waals surface area contributed by atoms with Crippen LogP contribution in [-0.4, -0.2) is 127 Å². The molecule has 22 rings (SSSR count). The Hall–Kier alpha value is -13.7. The van der Waals surface area contributed by atoms with Crippen LogP contribution in [0.2, 0.25) is 0 Å². The minimum atomic E-state index is -4.46. The maximum Gasteiger partial charge on any atom is 2.00 e. The molecule has 1 fully saturated rings. The Morgan fingerprint density at radius 1 is 0.368 bits per heavy atom. The molecule has 0 radical (unpaired) electrons. The molecule has 1 N–H and O–H groups in total. The Morgan fingerprint density at radius 2 is 0.721 bits per heavy atom. The number of pyridine rings is 8. The van der Waals surface area contributed by atoms with E-state index in [4.69, 9.17) is 5.11 Å². The van der Waals surface area contributed by atoms with Gasteiger partial charge in [-0.2, -0.15) is 13.2 Å². The third-order valence-corrected chi connectivity index (χ3v) is 20.0. The van der Waals surface area contributed by atoms with Gasteiger partial charge in [0.25, 0.3) is 0 Å². The van der Waals surface area contributed by atoms with E-state index < -0.39 is 17.8 Å². The average Bonchev–Trinajstić information content (AvgIpc) is 1.52. The Bertz CT molecular complexity index is 6130. The molecule has 2 bridgehead atoms. The molecule has 1 saturated carbocycles. The van der Waals surface area contributed by atoms with Crippen molar-refractivity contribution in [3.05, 3.63) is 344 Å². The SMILES string of the molecule is CC12CCC(c3c1n[n-]c3-c1nccc3ccccc13)C2(C)C.Cc1cc(-c2ccccn2)[n-]n1.Cc1cc(-c2ccccn2)[n-]n1.Cc1cc(-c2ccccn2)[n-]n1.Cc1cc(-c2cnccn2)[n-]n1.Cc1cc(-c2cnccn2)[n-]n1.Cc1n[n-]c(-c2ccccn2)n1.Cc1n[n-]c(-c2ccccn2)n1.FC(F)(F)c1cc(-c2ccccn2)[n-]n1.O=C(O)c1ccccn1.[Pt+2].[Pt+2].[Pt+2].[Pt+2].[Pt]. The van der Waals surface area contributed by atoms with Gasteiger partial charge in [0, 0.05) is 175 Å². The number of aromatic carboxylic acids is 1. The van der Waals surface area contributed by atoms with Crippen molar-refractivity contribution >= 4 is 16.7 Å². The van der Waals surface area contributed by atoms with Crippen molar-refractivity contribution in [2.75, 3.05) is 0 Å². The fourth-order valence-electron chi connectivity index (χ4n) is 13.3. The van der Waals surface area contributed by atoms with E-state index in [1.165, 1.54) is 53.3 Å². The van der Waals surface area contributed by atoms with Crippen molar-refractivity contribution in [3.8, 4) is 103 Å². The second-order valence-corrected chi connectivity index (χ2v) is 29.7. The minimum absolute atomic E-state index is 0. The summed E-state index contributed by atoms with van der Waals surface area (Å²) in [6, 6.07) is 59.0. The van der Waals surface area contributed by atoms with Crippen LogP contribution in [0, 0.1) is 53.9 Å². The number of nitrogens with zero attached hydrogens (tertiary/aromatic N) is 32. The number of rotatable bonds is 10. The standard InChI is InChI=1S/C20H20N3.C9H5F3N3.3C9H8N3.4C8H7N4.C6H5NO2.5Pt/c1-19(2)14-8-10-20(19,3)18-15(14)17(22-23-18)16-13-7-5-4-6-12(13)9-11-21-16;10-9(11,12)8-5-7(14-15-8)6-3-1-2-4-13-6;3*1-7-6-9(12-11-7)8-4-2-3-5-10-8;2*1-6-4-7(12-11-6)8-5-9-2-3-10-8;2*1-6-10-8(12-11-6)7-4-2-3-5-9-7;8-6(9)5-3-1-2-4-7-5;;;;;/h4-7,9,11,14H,8,10H2,1-3H3;1-5H;3*2-6H,1H3;4*2-5H,1H3;1-4H,(H,8,9);;;;;/q9*-1;;;4*+2. The zero-order valence-electron chi connectivity index (χ0n) is 73.9. The summed E-state index contributed by atoms with van der Waals surface area (Å²) < 4.78 is 36.6. The van der Waals surface area contributed by atoms with Gasteiger partial charge in [0.15, 0.2) is 0 Å². The van der Waals surface area contributed by atoms with E-state index >= 15 is 0 Å². The third kappa shape index (κ3) is 29.4. The topological polar surface area (TPSA) is 461 Å². The predicted octanol–water partition coefficient (Wildman–Crippen LogP) is 14.8. The zero-order chi connectivity index (χ0) is 92.1. The summed E-state index contributed by atoms with van der Waals surface area (Å²) in [5, 5.41) is 81.0. The fourth-order valence-corrected chi connectivity index (χ4v) is 13.3. The smallest absolute Gasteiger partial charge is 0.574 e. The summed E-state index contributed by atoms with van der Waals surface area (Å²) in [4.78, 5) is 67.2. The molecule has 19 heterocycles. The maximum absolute atomic E-state index is 12.2. The largest absolute Gasteiger partial charge is 2.00 e. The van der Waals surface area contributed by atoms with Crippen LogP contribution in [0.25, 0.3) is 114 Å². The van der Waals surface area contributed by atoms with Crippen molar-refractivity contribution in [2.24, 2.45) is 5.41 Å². The van der Waals surface area contributed by atoms with Gasteiger partial charge in [-0.25, -0.2) is 9.78 Å². The first-order chi connectivity index (χ1) is 63.4. The van der Waals surface area contributed by atoms with Crippen LogP contribution in [0.5, 0.6) is 0 Å². The number of carboxylic acid groups (broad SMARTS) is 1. The molecule has 2 atom stereocenters. The summed E-state index contributed by atoms with van der Waals surface area (Å²) in [5.41, 5.74) is 18.9. The van der Waals surface area contributed by atoms with Crippen molar-refractivity contribution in [2.45, 2.75) is 99.6 Å². The average molecular weight is 2720 g/mol. The second-order valence-electron chi connectivity index (χ2n) is 29.7. The van der Waals surface area contributed by atoms with E-state index in [9.17, 15) is 18.0 Å². The Balaban J connectivity index is 0.000000187. The number of aromatic nitrogens is 32. The number of alkyl halides is 3. The van der Waals surface area contributed by atoms with Crippen molar-refractivity contribution in [1.29, 1.82) is 0 Å². The summed E-state index contributed by atoms with van der Waals surface area (Å²) in [7, 11) is 0. The molecule has 702 valence electrons. The van der Waals surface area contributed by atoms with Crippen molar-refractivity contribution < 1.29 is 128 Å². The number of hydrogen-bond donors (Lipinski definition) is 1. The van der Waals surface area contributed by atoms with Crippen LogP contribution in [0.1, 0.15) is 107 Å². The molecule has 136 heavy (non-hydrogen) atoms. The second kappa shape index (κ2) is 52.2. The minimum Gasteiger partial charge on any atom is -0.574 e. The van der Waals surface area contributed by atoms with Crippen LogP contribution in [0.4, 0.5) is 13.2 Å². The van der Waals surface area contributed by atoms with Crippen molar-refractivity contribution in [1.82, 2.24) is 162 Å². The molecule has 42 heteroatoms. The number of hydrogen-bond acceptors (Lipinski definition) is 24. The van der Waals surface area contributed by atoms with E-state index in [2.05, 4.69) is 213 Å². The number of halogens is 3. The summed E-state index contributed by atoms with van der Waals surface area (Å²) in [5.74, 6) is 2.09. The molecule has 34 nitrogen and oxygen atoms in total. The summed E-state index contributed by atoms with van der Waals surface area (Å²) >= 11 is 0. The van der Waals surface area contributed by atoms with E-state index in [1.807, 2.05) is 162 Å². The molecule has 0 amide bonds. The third-order valence-electron chi connectivity index (χ3n) is 20.0. The molecular weight excluding hydrogens is 2640 g/mol. The van der Waals surface area contributed by atoms with Gasteiger partial charge in [0.1, 0.15) is 11.4 Å². The number of aryl methyl sites for hydroxylation is 7. The molecule has 2 unspecified atom stereocenters.